The number of rotatable bonds is 8. The lowest BCUT2D eigenvalue weighted by atomic mass is 10.2. The Kier molecular flexibility index (Phi) is 7.69. The number of pyridine rings is 1. The Balaban J connectivity index is 1.66. The number of carbonyl (C=O) groups excluding carboxylic acids is 1. The molecule has 1 aliphatic rings. The Morgan fingerprint density at radius 1 is 1.26 bits per heavy atom. The first kappa shape index (κ1) is 20.8. The fourth-order valence-electron chi connectivity index (χ4n) is 2.19. The summed E-state index contributed by atoms with van der Waals surface area (Å²) in [6.07, 6.45) is 3.83. The van der Waals surface area contributed by atoms with Crippen LogP contribution in [-0.2, 0) is 11.3 Å². The van der Waals surface area contributed by atoms with Crippen molar-refractivity contribution in [1.29, 1.82) is 0 Å². The first-order valence-corrected chi connectivity index (χ1v) is 9.35. The van der Waals surface area contributed by atoms with Gasteiger partial charge in [-0.25, -0.2) is 9.78 Å². The summed E-state index contributed by atoms with van der Waals surface area (Å²) in [5.41, 5.74) is 0.562. The minimum atomic E-state index is -0.499. The topological polar surface area (TPSA) is 96.9 Å². The van der Waals surface area contributed by atoms with Crippen LogP contribution >= 0.6 is 0 Å². The molecule has 150 valence electrons. The van der Waals surface area contributed by atoms with Gasteiger partial charge in [-0.3, -0.25) is 4.99 Å². The van der Waals surface area contributed by atoms with E-state index in [-0.39, 0.29) is 0 Å². The second-order valence-corrected chi connectivity index (χ2v) is 7.54. The molecule has 1 aromatic heterocycles. The van der Waals surface area contributed by atoms with Crippen molar-refractivity contribution in [3.63, 3.8) is 0 Å². The smallest absolute Gasteiger partial charge is 0.407 e. The number of nitrogens with zero attached hydrogens (tertiary/aromatic N) is 2. The molecule has 0 spiro atoms. The first-order chi connectivity index (χ1) is 12.9. The highest BCUT2D eigenvalue weighted by Gasteiger charge is 2.22. The van der Waals surface area contributed by atoms with E-state index in [9.17, 15) is 4.79 Å². The second-order valence-electron chi connectivity index (χ2n) is 7.54. The molecular formula is C19H31N5O3. The minimum absolute atomic E-state index is 0.428. The summed E-state index contributed by atoms with van der Waals surface area (Å²) in [5, 5.41) is 9.07. The van der Waals surface area contributed by atoms with E-state index in [0.29, 0.717) is 37.4 Å². The number of aromatic nitrogens is 1. The van der Waals surface area contributed by atoms with Crippen molar-refractivity contribution in [3.05, 3.63) is 23.9 Å². The molecular weight excluding hydrogens is 346 g/mol. The minimum Gasteiger partial charge on any atom is -0.477 e. The van der Waals surface area contributed by atoms with Gasteiger partial charge in [-0.05, 0) is 51.2 Å². The number of alkyl carbamates (subject to hydrolysis) is 1. The van der Waals surface area contributed by atoms with Gasteiger partial charge >= 0.3 is 6.09 Å². The second kappa shape index (κ2) is 9.99. The van der Waals surface area contributed by atoms with Crippen LogP contribution in [0.25, 0.3) is 0 Å². The van der Waals surface area contributed by atoms with Gasteiger partial charge in [0.2, 0.25) is 5.88 Å². The number of ether oxygens (including phenoxy) is 2. The summed E-state index contributed by atoms with van der Waals surface area (Å²) in [6.45, 7) is 7.81. The molecule has 8 nitrogen and oxygen atoms in total. The molecule has 1 aromatic rings. The van der Waals surface area contributed by atoms with Gasteiger partial charge in [0.1, 0.15) is 5.60 Å². The van der Waals surface area contributed by atoms with Crippen LogP contribution in [0.4, 0.5) is 4.79 Å². The Labute approximate surface area is 161 Å². The van der Waals surface area contributed by atoms with Gasteiger partial charge in [-0.15, -0.1) is 0 Å². The number of carbonyl (C=O) groups is 1. The molecule has 0 unspecified atom stereocenters. The van der Waals surface area contributed by atoms with Gasteiger partial charge in [-0.1, -0.05) is 0 Å². The van der Waals surface area contributed by atoms with E-state index < -0.39 is 11.7 Å². The quantitative estimate of drug-likeness (QED) is 0.365. The summed E-state index contributed by atoms with van der Waals surface area (Å²) in [4.78, 5) is 20.0. The summed E-state index contributed by atoms with van der Waals surface area (Å²) >= 11 is 0. The van der Waals surface area contributed by atoms with Crippen molar-refractivity contribution in [2.45, 2.75) is 45.8 Å². The number of aliphatic imine (C=N–C) groups is 1. The van der Waals surface area contributed by atoms with Gasteiger partial charge in [0.25, 0.3) is 0 Å². The summed E-state index contributed by atoms with van der Waals surface area (Å²) in [5.74, 6) is 2.01. The zero-order valence-corrected chi connectivity index (χ0v) is 16.7. The van der Waals surface area contributed by atoms with Gasteiger partial charge in [-0.2, -0.15) is 0 Å². The van der Waals surface area contributed by atoms with Crippen molar-refractivity contribution < 1.29 is 14.3 Å². The van der Waals surface area contributed by atoms with Gasteiger partial charge in [0.05, 0.1) is 6.61 Å². The number of hydrogen-bond acceptors (Lipinski definition) is 5. The maximum absolute atomic E-state index is 11.6. The molecule has 8 heteroatoms. The van der Waals surface area contributed by atoms with Gasteiger partial charge in [0.15, 0.2) is 5.96 Å². The lowest BCUT2D eigenvalue weighted by Crippen LogP contribution is -2.42. The van der Waals surface area contributed by atoms with E-state index in [1.807, 2.05) is 32.9 Å². The molecule has 0 bridgehead atoms. The van der Waals surface area contributed by atoms with E-state index >= 15 is 0 Å². The van der Waals surface area contributed by atoms with E-state index in [2.05, 4.69) is 25.9 Å². The fourth-order valence-corrected chi connectivity index (χ4v) is 2.19. The molecule has 1 heterocycles. The van der Waals surface area contributed by atoms with Gasteiger partial charge < -0.3 is 25.4 Å². The van der Waals surface area contributed by atoms with Crippen molar-refractivity contribution in [2.75, 3.05) is 26.7 Å². The summed E-state index contributed by atoms with van der Waals surface area (Å²) in [6, 6.07) is 3.88. The molecule has 1 aliphatic carbocycles. The van der Waals surface area contributed by atoms with E-state index in [1.165, 1.54) is 12.8 Å². The molecule has 0 aromatic carbocycles. The average molecular weight is 377 g/mol. The Bertz CT molecular complexity index is 638. The summed E-state index contributed by atoms with van der Waals surface area (Å²) in [7, 11) is 1.70. The Morgan fingerprint density at radius 3 is 2.67 bits per heavy atom. The maximum atomic E-state index is 11.6. The van der Waals surface area contributed by atoms with E-state index in [4.69, 9.17) is 9.47 Å². The SMILES string of the molecule is CN=C(NCCNC(=O)OC(C)(C)C)NCc1ccnc(OCC2CC2)c1. The highest BCUT2D eigenvalue weighted by atomic mass is 16.6. The van der Waals surface area contributed by atoms with Crippen LogP contribution in [0, 0.1) is 5.92 Å². The third-order valence-electron chi connectivity index (χ3n) is 3.73. The zero-order valence-electron chi connectivity index (χ0n) is 16.7. The van der Waals surface area contributed by atoms with Crippen LogP contribution in [0.3, 0.4) is 0 Å². The lowest BCUT2D eigenvalue weighted by molar-refractivity contribution is 0.0529. The van der Waals surface area contributed by atoms with Crippen LogP contribution in [0.1, 0.15) is 39.2 Å². The van der Waals surface area contributed by atoms with Gasteiger partial charge in [0, 0.05) is 38.9 Å². The maximum Gasteiger partial charge on any atom is 0.407 e. The van der Waals surface area contributed by atoms with Crippen LogP contribution in [-0.4, -0.2) is 49.4 Å². The zero-order chi connectivity index (χ0) is 19.7. The van der Waals surface area contributed by atoms with Crippen LogP contribution < -0.4 is 20.7 Å². The van der Waals surface area contributed by atoms with E-state index in [1.54, 1.807) is 13.2 Å². The third kappa shape index (κ3) is 9.12. The lowest BCUT2D eigenvalue weighted by Gasteiger charge is -2.20. The molecule has 1 fully saturated rings. The monoisotopic (exact) mass is 377 g/mol. The highest BCUT2D eigenvalue weighted by Crippen LogP contribution is 2.29. The van der Waals surface area contributed by atoms with Crippen molar-refractivity contribution in [1.82, 2.24) is 20.9 Å². The highest BCUT2D eigenvalue weighted by molar-refractivity contribution is 5.79. The molecule has 0 saturated heterocycles. The molecule has 2 rings (SSSR count). The summed E-state index contributed by atoms with van der Waals surface area (Å²) < 4.78 is 10.9. The predicted octanol–water partition coefficient (Wildman–Crippen LogP) is 2.06. The molecule has 0 atom stereocenters. The molecule has 1 saturated carbocycles. The van der Waals surface area contributed by atoms with Crippen LogP contribution in [0.15, 0.2) is 23.3 Å². The van der Waals surface area contributed by atoms with Crippen LogP contribution in [0.2, 0.25) is 0 Å². The van der Waals surface area contributed by atoms with Crippen molar-refractivity contribution in [2.24, 2.45) is 10.9 Å². The molecule has 1 amide bonds. The number of guanidine groups is 1. The fraction of sp³-hybridized carbons (Fsp3) is 0.632. The first-order valence-electron chi connectivity index (χ1n) is 9.35. The largest absolute Gasteiger partial charge is 0.477 e. The molecule has 0 aliphatic heterocycles. The number of nitrogens with one attached hydrogen (secondary N) is 3. The number of amides is 1. The standard InChI is InChI=1S/C19H31N5O3/c1-19(2,3)27-18(25)23-10-9-22-17(20-4)24-12-15-7-8-21-16(11-15)26-13-14-5-6-14/h7-8,11,14H,5-6,9-10,12-13H2,1-4H3,(H,23,25)(H2,20,22,24). The molecule has 27 heavy (non-hydrogen) atoms. The van der Waals surface area contributed by atoms with E-state index in [0.717, 1.165) is 12.2 Å². The Morgan fingerprint density at radius 2 is 2.00 bits per heavy atom. The Hall–Kier alpha value is -2.51. The average Bonchev–Trinajstić information content (AvgIpc) is 3.42. The predicted molar refractivity (Wildman–Crippen MR) is 105 cm³/mol. The number of hydrogen-bond donors (Lipinski definition) is 3. The van der Waals surface area contributed by atoms with Crippen molar-refractivity contribution >= 4 is 12.1 Å². The third-order valence-corrected chi connectivity index (χ3v) is 3.73. The molecule has 3 N–H and O–H groups in total. The van der Waals surface area contributed by atoms with Crippen molar-refractivity contribution in [3.8, 4) is 5.88 Å². The van der Waals surface area contributed by atoms with Crippen LogP contribution in [0.5, 0.6) is 5.88 Å². The molecule has 0 radical (unpaired) electrons. The normalized spacial score (nSPS) is 14.4.